The maximum Gasteiger partial charge on any atom is 0.127 e. The number of aryl methyl sites for hydroxylation is 2. The van der Waals surface area contributed by atoms with Crippen LogP contribution in [0.25, 0.3) is 0 Å². The zero-order valence-electron chi connectivity index (χ0n) is 14.6. The van der Waals surface area contributed by atoms with E-state index in [0.29, 0.717) is 6.54 Å². The molecule has 0 aliphatic heterocycles. The first-order chi connectivity index (χ1) is 12.3. The van der Waals surface area contributed by atoms with Crippen LogP contribution in [-0.4, -0.2) is 30.5 Å². The van der Waals surface area contributed by atoms with Crippen LogP contribution in [0.15, 0.2) is 55.5 Å². The second-order valence-electron chi connectivity index (χ2n) is 6.13. The second kappa shape index (κ2) is 8.58. The fourth-order valence-electron chi connectivity index (χ4n) is 2.97. The average molecular weight is 341 g/mol. The minimum absolute atomic E-state index is 0.147. The summed E-state index contributed by atoms with van der Waals surface area (Å²) >= 11 is 0. The van der Waals surface area contributed by atoms with Gasteiger partial charge in [0.1, 0.15) is 5.82 Å². The van der Waals surface area contributed by atoms with Crippen molar-refractivity contribution in [1.82, 2.24) is 24.0 Å². The molecule has 2 aromatic heterocycles. The van der Waals surface area contributed by atoms with E-state index < -0.39 is 0 Å². The number of nitrogens with zero attached hydrogens (tertiary/aromatic N) is 5. The third-order valence-corrected chi connectivity index (χ3v) is 4.33. The maximum atomic E-state index is 14.1. The van der Waals surface area contributed by atoms with Crippen LogP contribution in [0.3, 0.4) is 0 Å². The molecule has 0 unspecified atom stereocenters. The minimum atomic E-state index is -0.147. The third kappa shape index (κ3) is 4.76. The summed E-state index contributed by atoms with van der Waals surface area (Å²) in [6.45, 7) is 6.11. The van der Waals surface area contributed by atoms with Crippen molar-refractivity contribution in [3.63, 3.8) is 0 Å². The Labute approximate surface area is 147 Å². The lowest BCUT2D eigenvalue weighted by Crippen LogP contribution is -2.26. The highest BCUT2D eigenvalue weighted by Crippen LogP contribution is 2.14. The molecule has 5 nitrogen and oxygen atoms in total. The predicted octanol–water partition coefficient (Wildman–Crippen LogP) is 3.33. The van der Waals surface area contributed by atoms with Crippen molar-refractivity contribution >= 4 is 0 Å². The Bertz CT molecular complexity index is 766. The van der Waals surface area contributed by atoms with Crippen molar-refractivity contribution < 1.29 is 4.39 Å². The summed E-state index contributed by atoms with van der Waals surface area (Å²) in [5, 5.41) is 0. The number of hydrogen-bond donors (Lipinski definition) is 0. The number of rotatable bonds is 9. The first-order valence-corrected chi connectivity index (χ1v) is 8.66. The van der Waals surface area contributed by atoms with E-state index in [1.165, 1.54) is 6.07 Å². The van der Waals surface area contributed by atoms with Crippen LogP contribution >= 0.6 is 0 Å². The van der Waals surface area contributed by atoms with Crippen LogP contribution in [0.4, 0.5) is 4.39 Å². The number of aromatic nitrogens is 4. The molecule has 6 heteroatoms. The summed E-state index contributed by atoms with van der Waals surface area (Å²) in [5.41, 5.74) is 1.88. The molecule has 3 aromatic rings. The number of imidazole rings is 2. The van der Waals surface area contributed by atoms with Crippen molar-refractivity contribution in [3.8, 4) is 0 Å². The summed E-state index contributed by atoms with van der Waals surface area (Å²) in [6, 6.07) is 7.00. The van der Waals surface area contributed by atoms with Gasteiger partial charge in [0, 0.05) is 56.9 Å². The van der Waals surface area contributed by atoms with Gasteiger partial charge in [-0.05, 0) is 19.4 Å². The molecular weight excluding hydrogens is 317 g/mol. The van der Waals surface area contributed by atoms with E-state index in [1.54, 1.807) is 12.3 Å². The van der Waals surface area contributed by atoms with Gasteiger partial charge in [0.25, 0.3) is 0 Å². The van der Waals surface area contributed by atoms with Gasteiger partial charge in [-0.3, -0.25) is 4.90 Å². The lowest BCUT2D eigenvalue weighted by molar-refractivity contribution is 0.239. The molecule has 0 aliphatic carbocycles. The monoisotopic (exact) mass is 341 g/mol. The molecule has 0 saturated heterocycles. The normalized spacial score (nSPS) is 11.3. The SMILES string of the molecule is CCn1cncc1CN(CCCn1ccnc1)Cc1ccccc1F. The van der Waals surface area contributed by atoms with Gasteiger partial charge in [0.05, 0.1) is 18.3 Å². The molecule has 0 fully saturated rings. The summed E-state index contributed by atoms with van der Waals surface area (Å²) in [5.74, 6) is -0.147. The van der Waals surface area contributed by atoms with Gasteiger partial charge in [-0.15, -0.1) is 0 Å². The van der Waals surface area contributed by atoms with Gasteiger partial charge in [-0.25, -0.2) is 14.4 Å². The van der Waals surface area contributed by atoms with Crippen LogP contribution in [-0.2, 0) is 26.2 Å². The first kappa shape index (κ1) is 17.4. The van der Waals surface area contributed by atoms with Crippen LogP contribution in [0.2, 0.25) is 0 Å². The van der Waals surface area contributed by atoms with Gasteiger partial charge in [0.2, 0.25) is 0 Å². The molecule has 0 radical (unpaired) electrons. The van der Waals surface area contributed by atoms with E-state index in [0.717, 1.165) is 43.9 Å². The van der Waals surface area contributed by atoms with Crippen LogP contribution in [0.5, 0.6) is 0 Å². The fourth-order valence-corrected chi connectivity index (χ4v) is 2.97. The predicted molar refractivity (Wildman–Crippen MR) is 95.3 cm³/mol. The van der Waals surface area contributed by atoms with E-state index in [-0.39, 0.29) is 5.82 Å². The van der Waals surface area contributed by atoms with Crippen molar-refractivity contribution in [1.29, 1.82) is 0 Å². The lowest BCUT2D eigenvalue weighted by Gasteiger charge is -2.23. The highest BCUT2D eigenvalue weighted by atomic mass is 19.1. The molecule has 0 atom stereocenters. The molecule has 1 aromatic carbocycles. The van der Waals surface area contributed by atoms with Crippen molar-refractivity contribution in [2.45, 2.75) is 39.5 Å². The molecule has 3 rings (SSSR count). The largest absolute Gasteiger partial charge is 0.337 e. The van der Waals surface area contributed by atoms with E-state index in [2.05, 4.69) is 30.9 Å². The Kier molecular flexibility index (Phi) is 5.95. The molecule has 0 spiro atoms. The van der Waals surface area contributed by atoms with Crippen LogP contribution in [0.1, 0.15) is 24.6 Å². The first-order valence-electron chi connectivity index (χ1n) is 8.66. The number of benzene rings is 1. The highest BCUT2D eigenvalue weighted by Gasteiger charge is 2.12. The third-order valence-electron chi connectivity index (χ3n) is 4.33. The summed E-state index contributed by atoms with van der Waals surface area (Å²) in [6.07, 6.45) is 10.3. The zero-order chi connectivity index (χ0) is 17.5. The van der Waals surface area contributed by atoms with Gasteiger partial charge < -0.3 is 9.13 Å². The number of hydrogen-bond acceptors (Lipinski definition) is 3. The molecule has 0 N–H and O–H groups in total. The molecule has 0 amide bonds. The molecule has 0 aliphatic rings. The molecule has 25 heavy (non-hydrogen) atoms. The maximum absolute atomic E-state index is 14.1. The van der Waals surface area contributed by atoms with Crippen molar-refractivity contribution in [2.75, 3.05) is 6.54 Å². The van der Waals surface area contributed by atoms with Crippen molar-refractivity contribution in [2.24, 2.45) is 0 Å². The topological polar surface area (TPSA) is 38.9 Å². The Balaban J connectivity index is 1.67. The van der Waals surface area contributed by atoms with Crippen LogP contribution in [0, 0.1) is 5.82 Å². The Morgan fingerprint density at radius 1 is 1.12 bits per heavy atom. The highest BCUT2D eigenvalue weighted by molar-refractivity contribution is 5.17. The molecule has 0 saturated carbocycles. The quantitative estimate of drug-likeness (QED) is 0.599. The zero-order valence-corrected chi connectivity index (χ0v) is 14.6. The standard InChI is InChI=1S/C19H24FN5/c1-2-25-16-22-12-18(25)14-24(10-5-9-23-11-8-21-15-23)13-17-6-3-4-7-19(17)20/h3-4,6-8,11-12,15-16H,2,5,9-10,13-14H2,1H3. The van der Waals surface area contributed by atoms with E-state index in [4.69, 9.17) is 0 Å². The molecule has 0 bridgehead atoms. The number of halogens is 1. The van der Waals surface area contributed by atoms with Gasteiger partial charge >= 0.3 is 0 Å². The average Bonchev–Trinajstić information content (AvgIpc) is 3.28. The summed E-state index contributed by atoms with van der Waals surface area (Å²) in [4.78, 5) is 10.6. The fraction of sp³-hybridized carbons (Fsp3) is 0.368. The summed E-state index contributed by atoms with van der Waals surface area (Å²) < 4.78 is 18.3. The van der Waals surface area contributed by atoms with Gasteiger partial charge in [-0.2, -0.15) is 0 Å². The van der Waals surface area contributed by atoms with E-state index >= 15 is 0 Å². The lowest BCUT2D eigenvalue weighted by atomic mass is 10.2. The minimum Gasteiger partial charge on any atom is -0.337 e. The second-order valence-corrected chi connectivity index (χ2v) is 6.13. The molecule has 132 valence electrons. The smallest absolute Gasteiger partial charge is 0.127 e. The Morgan fingerprint density at radius 2 is 2.00 bits per heavy atom. The summed E-state index contributed by atoms with van der Waals surface area (Å²) in [7, 11) is 0. The Hall–Kier alpha value is -2.47. The van der Waals surface area contributed by atoms with Crippen molar-refractivity contribution in [3.05, 3.63) is 72.6 Å². The molecular formula is C19H24FN5. The van der Waals surface area contributed by atoms with Crippen LogP contribution < -0.4 is 0 Å². The molecule has 2 heterocycles. The van der Waals surface area contributed by atoms with Gasteiger partial charge in [-0.1, -0.05) is 18.2 Å². The van der Waals surface area contributed by atoms with Gasteiger partial charge in [0.15, 0.2) is 0 Å². The Morgan fingerprint density at radius 3 is 2.76 bits per heavy atom. The van der Waals surface area contributed by atoms with E-state index in [1.807, 2.05) is 37.2 Å². The van der Waals surface area contributed by atoms with E-state index in [9.17, 15) is 4.39 Å².